The van der Waals surface area contributed by atoms with Crippen molar-refractivity contribution in [3.8, 4) is 0 Å². The van der Waals surface area contributed by atoms with Gasteiger partial charge in [0.05, 0.1) is 11.9 Å². The van der Waals surface area contributed by atoms with Gasteiger partial charge in [-0.15, -0.1) is 0 Å². The molecule has 2 rings (SSSR count). The molecule has 0 spiro atoms. The fraction of sp³-hybridized carbons (Fsp3) is 1.00. The zero-order valence-corrected chi connectivity index (χ0v) is 10.7. The van der Waals surface area contributed by atoms with E-state index >= 15 is 0 Å². The summed E-state index contributed by atoms with van der Waals surface area (Å²) in [5.41, 5.74) is 0. The van der Waals surface area contributed by atoms with Gasteiger partial charge < -0.3 is 5.32 Å². The molecule has 0 amide bonds. The molecule has 1 N–H and O–H groups in total. The van der Waals surface area contributed by atoms with E-state index in [-0.39, 0.29) is 11.9 Å². The van der Waals surface area contributed by atoms with Gasteiger partial charge in [-0.3, -0.25) is 4.90 Å². The van der Waals surface area contributed by atoms with Crippen LogP contribution in [0.25, 0.3) is 0 Å². The van der Waals surface area contributed by atoms with E-state index in [1.54, 1.807) is 4.31 Å². The first kappa shape index (κ1) is 12.3. The molecule has 2 fully saturated rings. The van der Waals surface area contributed by atoms with Crippen LogP contribution in [-0.4, -0.2) is 62.8 Å². The molecule has 0 aromatic heterocycles. The fourth-order valence-corrected chi connectivity index (χ4v) is 4.17. The molecule has 1 atom stereocenters. The Labute approximate surface area is 97.8 Å². The number of likely N-dealkylation sites (tertiary alicyclic amines) is 1. The molecule has 2 aliphatic rings. The van der Waals surface area contributed by atoms with Crippen molar-refractivity contribution < 1.29 is 8.42 Å². The van der Waals surface area contributed by atoms with Crippen LogP contribution in [0.1, 0.15) is 19.3 Å². The molecule has 0 saturated carbocycles. The van der Waals surface area contributed by atoms with E-state index in [1.165, 1.54) is 6.42 Å². The van der Waals surface area contributed by atoms with Crippen LogP contribution in [0.2, 0.25) is 0 Å². The SMILES string of the molecule is CN1CCCCC1N1CCNCCS1(=O)=O. The zero-order valence-electron chi connectivity index (χ0n) is 9.85. The van der Waals surface area contributed by atoms with E-state index in [1.807, 2.05) is 7.05 Å². The number of piperidine rings is 1. The summed E-state index contributed by atoms with van der Waals surface area (Å²) < 4.78 is 25.9. The summed E-state index contributed by atoms with van der Waals surface area (Å²) in [4.78, 5) is 2.17. The second-order valence-electron chi connectivity index (χ2n) is 4.63. The largest absolute Gasteiger partial charge is 0.314 e. The second-order valence-corrected chi connectivity index (χ2v) is 6.67. The van der Waals surface area contributed by atoms with Crippen molar-refractivity contribution in [2.45, 2.75) is 25.4 Å². The lowest BCUT2D eigenvalue weighted by Crippen LogP contribution is -2.52. The molecule has 0 aliphatic carbocycles. The molecule has 2 heterocycles. The highest BCUT2D eigenvalue weighted by molar-refractivity contribution is 7.89. The first-order valence-corrected chi connectivity index (χ1v) is 7.63. The van der Waals surface area contributed by atoms with Gasteiger partial charge >= 0.3 is 0 Å². The third kappa shape index (κ3) is 2.56. The van der Waals surface area contributed by atoms with Crippen molar-refractivity contribution in [3.63, 3.8) is 0 Å². The third-order valence-electron chi connectivity index (χ3n) is 3.47. The van der Waals surface area contributed by atoms with Gasteiger partial charge in [-0.1, -0.05) is 0 Å². The Kier molecular flexibility index (Phi) is 3.84. The lowest BCUT2D eigenvalue weighted by atomic mass is 10.1. The Morgan fingerprint density at radius 1 is 1.19 bits per heavy atom. The van der Waals surface area contributed by atoms with Crippen LogP contribution < -0.4 is 5.32 Å². The maximum absolute atomic E-state index is 12.1. The Morgan fingerprint density at radius 2 is 2.00 bits per heavy atom. The van der Waals surface area contributed by atoms with Gasteiger partial charge in [0, 0.05) is 19.6 Å². The molecule has 0 aromatic rings. The molecule has 94 valence electrons. The summed E-state index contributed by atoms with van der Waals surface area (Å²) in [5.74, 6) is 0.233. The second kappa shape index (κ2) is 5.00. The molecular weight excluding hydrogens is 226 g/mol. The van der Waals surface area contributed by atoms with E-state index in [0.717, 1.165) is 25.9 Å². The van der Waals surface area contributed by atoms with Crippen molar-refractivity contribution in [2.75, 3.05) is 39.0 Å². The minimum Gasteiger partial charge on any atom is -0.314 e. The van der Waals surface area contributed by atoms with Crippen molar-refractivity contribution in [2.24, 2.45) is 0 Å². The maximum Gasteiger partial charge on any atom is 0.216 e. The van der Waals surface area contributed by atoms with E-state index in [2.05, 4.69) is 10.2 Å². The van der Waals surface area contributed by atoms with E-state index in [0.29, 0.717) is 13.1 Å². The molecule has 2 saturated heterocycles. The smallest absolute Gasteiger partial charge is 0.216 e. The molecule has 16 heavy (non-hydrogen) atoms. The molecular formula is C10H21N3O2S. The highest BCUT2D eigenvalue weighted by Gasteiger charge is 2.34. The van der Waals surface area contributed by atoms with Crippen LogP contribution in [-0.2, 0) is 10.0 Å². The molecule has 0 radical (unpaired) electrons. The Bertz CT molecular complexity index is 331. The van der Waals surface area contributed by atoms with Crippen LogP contribution in [0.4, 0.5) is 0 Å². The normalized spacial score (nSPS) is 33.4. The maximum atomic E-state index is 12.1. The number of sulfonamides is 1. The lowest BCUT2D eigenvalue weighted by Gasteiger charge is -2.39. The number of nitrogens with one attached hydrogen (secondary N) is 1. The van der Waals surface area contributed by atoms with Gasteiger partial charge in [-0.2, -0.15) is 4.31 Å². The molecule has 0 aromatic carbocycles. The number of hydrogen-bond donors (Lipinski definition) is 1. The van der Waals surface area contributed by atoms with Crippen LogP contribution >= 0.6 is 0 Å². The molecule has 1 unspecified atom stereocenters. The van der Waals surface area contributed by atoms with Gasteiger partial charge in [-0.05, 0) is 32.9 Å². The summed E-state index contributed by atoms with van der Waals surface area (Å²) in [6.07, 6.45) is 3.36. The highest BCUT2D eigenvalue weighted by atomic mass is 32.2. The molecule has 2 aliphatic heterocycles. The fourth-order valence-electron chi connectivity index (χ4n) is 2.53. The average Bonchev–Trinajstić information content (AvgIpc) is 2.40. The van der Waals surface area contributed by atoms with Gasteiger partial charge in [0.1, 0.15) is 0 Å². The molecule has 5 nitrogen and oxygen atoms in total. The average molecular weight is 247 g/mol. The Morgan fingerprint density at radius 3 is 2.75 bits per heavy atom. The van der Waals surface area contributed by atoms with Gasteiger partial charge in [0.2, 0.25) is 10.0 Å². The lowest BCUT2D eigenvalue weighted by molar-refractivity contribution is 0.0901. The predicted molar refractivity (Wildman–Crippen MR) is 63.6 cm³/mol. The van der Waals surface area contributed by atoms with Crippen molar-refractivity contribution in [1.29, 1.82) is 0 Å². The number of nitrogens with zero attached hydrogens (tertiary/aromatic N) is 2. The highest BCUT2D eigenvalue weighted by Crippen LogP contribution is 2.21. The van der Waals surface area contributed by atoms with Gasteiger partial charge in [-0.25, -0.2) is 8.42 Å². The van der Waals surface area contributed by atoms with Crippen LogP contribution in [0.15, 0.2) is 0 Å². The van der Waals surface area contributed by atoms with Crippen molar-refractivity contribution in [1.82, 2.24) is 14.5 Å². The van der Waals surface area contributed by atoms with Gasteiger partial charge in [0.15, 0.2) is 0 Å². The predicted octanol–water partition coefficient (Wildman–Crippen LogP) is -0.337. The standard InChI is InChI=1S/C10H21N3O2S/c1-12-7-3-2-4-10(12)13-8-5-11-6-9-16(13,14)15/h10-11H,2-9H2,1H3. The monoisotopic (exact) mass is 247 g/mol. The summed E-state index contributed by atoms with van der Waals surface area (Å²) in [7, 11) is -1.04. The van der Waals surface area contributed by atoms with E-state index in [9.17, 15) is 8.42 Å². The van der Waals surface area contributed by atoms with Crippen molar-refractivity contribution in [3.05, 3.63) is 0 Å². The van der Waals surface area contributed by atoms with Crippen molar-refractivity contribution >= 4 is 10.0 Å². The topological polar surface area (TPSA) is 52.6 Å². The Hall–Kier alpha value is -0.170. The zero-order chi connectivity index (χ0) is 11.6. The van der Waals surface area contributed by atoms with E-state index in [4.69, 9.17) is 0 Å². The summed E-state index contributed by atoms with van der Waals surface area (Å²) in [6.45, 7) is 2.96. The minimum absolute atomic E-state index is 0.0821. The first-order valence-electron chi connectivity index (χ1n) is 6.02. The summed E-state index contributed by atoms with van der Waals surface area (Å²) in [5, 5.41) is 3.15. The van der Waals surface area contributed by atoms with Gasteiger partial charge in [0.25, 0.3) is 0 Å². The minimum atomic E-state index is -3.06. The van der Waals surface area contributed by atoms with E-state index < -0.39 is 10.0 Å². The molecule has 6 heteroatoms. The third-order valence-corrected chi connectivity index (χ3v) is 5.33. The molecule has 0 bridgehead atoms. The summed E-state index contributed by atoms with van der Waals surface area (Å²) >= 11 is 0. The number of hydrogen-bond acceptors (Lipinski definition) is 4. The van der Waals surface area contributed by atoms with Crippen LogP contribution in [0.3, 0.4) is 0 Å². The summed E-state index contributed by atoms with van der Waals surface area (Å²) in [6, 6.07) is 0. The van der Waals surface area contributed by atoms with Crippen LogP contribution in [0, 0.1) is 0 Å². The van der Waals surface area contributed by atoms with Crippen LogP contribution in [0.5, 0.6) is 0 Å². The Balaban J connectivity index is 2.15. The first-order chi connectivity index (χ1) is 7.61. The quantitative estimate of drug-likeness (QED) is 0.689. The number of rotatable bonds is 1.